The number of rotatable bonds is 3. The summed E-state index contributed by atoms with van der Waals surface area (Å²) in [7, 11) is 0. The number of urea groups is 1. The second-order valence-corrected chi connectivity index (χ2v) is 6.69. The Kier molecular flexibility index (Phi) is 5.41. The minimum absolute atomic E-state index is 0.0652. The monoisotopic (exact) mass is 337 g/mol. The summed E-state index contributed by atoms with van der Waals surface area (Å²) in [6.07, 6.45) is 2.32. The normalized spacial score (nSPS) is 25.0. The molecule has 2 heterocycles. The summed E-state index contributed by atoms with van der Waals surface area (Å²) >= 11 is 5.96. The Hall–Kier alpha value is -1.30. The van der Waals surface area contributed by atoms with Crippen molar-refractivity contribution in [2.45, 2.75) is 31.8 Å². The quantitative estimate of drug-likeness (QED) is 0.922. The van der Waals surface area contributed by atoms with E-state index in [1.165, 1.54) is 0 Å². The van der Waals surface area contributed by atoms with Crippen LogP contribution in [-0.4, -0.2) is 60.8 Å². The molecule has 2 atom stereocenters. The highest BCUT2D eigenvalue weighted by atomic mass is 35.5. The van der Waals surface area contributed by atoms with Gasteiger partial charge >= 0.3 is 6.03 Å². The molecular formula is C17H24ClN3O2. The number of benzene rings is 1. The van der Waals surface area contributed by atoms with Gasteiger partial charge in [0.2, 0.25) is 0 Å². The number of carbonyl (C=O) groups is 1. The van der Waals surface area contributed by atoms with E-state index < -0.39 is 0 Å². The van der Waals surface area contributed by atoms with E-state index in [1.807, 2.05) is 17.0 Å². The second-order valence-electron chi connectivity index (χ2n) is 6.26. The largest absolute Gasteiger partial charge is 0.378 e. The van der Waals surface area contributed by atoms with Crippen LogP contribution in [0, 0.1) is 0 Å². The average molecular weight is 338 g/mol. The maximum Gasteiger partial charge on any atom is 0.321 e. The second kappa shape index (κ2) is 7.51. The van der Waals surface area contributed by atoms with Gasteiger partial charge in [0.05, 0.1) is 19.3 Å². The smallest absolute Gasteiger partial charge is 0.321 e. The summed E-state index contributed by atoms with van der Waals surface area (Å²) in [6, 6.07) is 7.97. The first kappa shape index (κ1) is 16.6. The minimum atomic E-state index is -0.0652. The van der Waals surface area contributed by atoms with Gasteiger partial charge in [-0.1, -0.05) is 31.0 Å². The molecule has 0 unspecified atom stereocenters. The summed E-state index contributed by atoms with van der Waals surface area (Å²) in [5.74, 6) is 0. The lowest BCUT2D eigenvalue weighted by atomic mass is 10.0. The first-order chi connectivity index (χ1) is 11.2. The highest BCUT2D eigenvalue weighted by Gasteiger charge is 2.36. The molecule has 1 aromatic rings. The van der Waals surface area contributed by atoms with Crippen LogP contribution in [0.25, 0.3) is 0 Å². The SMILES string of the molecule is CCC[C@H]1COC[C@H]2CN(C(=O)Nc3cccc(Cl)c3)CCN12. The van der Waals surface area contributed by atoms with E-state index in [4.69, 9.17) is 16.3 Å². The van der Waals surface area contributed by atoms with Crippen molar-refractivity contribution in [3.8, 4) is 0 Å². The van der Waals surface area contributed by atoms with Crippen molar-refractivity contribution < 1.29 is 9.53 Å². The van der Waals surface area contributed by atoms with Gasteiger partial charge in [-0.05, 0) is 24.6 Å². The Morgan fingerprint density at radius 3 is 3.04 bits per heavy atom. The van der Waals surface area contributed by atoms with Crippen LogP contribution < -0.4 is 5.32 Å². The Morgan fingerprint density at radius 2 is 2.26 bits per heavy atom. The number of piperazine rings is 1. The van der Waals surface area contributed by atoms with Crippen molar-refractivity contribution in [1.82, 2.24) is 9.80 Å². The molecule has 0 radical (unpaired) electrons. The number of hydrogen-bond acceptors (Lipinski definition) is 3. The summed E-state index contributed by atoms with van der Waals surface area (Å²) in [6.45, 7) is 6.12. The van der Waals surface area contributed by atoms with Gasteiger partial charge in [0.15, 0.2) is 0 Å². The first-order valence-corrected chi connectivity index (χ1v) is 8.70. The number of anilines is 1. The highest BCUT2D eigenvalue weighted by Crippen LogP contribution is 2.22. The predicted octanol–water partition coefficient (Wildman–Crippen LogP) is 3.06. The van der Waals surface area contributed by atoms with Gasteiger partial charge in [-0.15, -0.1) is 0 Å². The molecule has 23 heavy (non-hydrogen) atoms. The van der Waals surface area contributed by atoms with Crippen LogP contribution in [0.15, 0.2) is 24.3 Å². The zero-order chi connectivity index (χ0) is 16.2. The van der Waals surface area contributed by atoms with E-state index >= 15 is 0 Å². The van der Waals surface area contributed by atoms with Crippen LogP contribution >= 0.6 is 11.6 Å². The molecule has 0 saturated carbocycles. The Morgan fingerprint density at radius 1 is 1.39 bits per heavy atom. The van der Waals surface area contributed by atoms with Crippen molar-refractivity contribution in [2.75, 3.05) is 38.2 Å². The van der Waals surface area contributed by atoms with Crippen LogP contribution in [0.1, 0.15) is 19.8 Å². The zero-order valence-corrected chi connectivity index (χ0v) is 14.3. The topological polar surface area (TPSA) is 44.8 Å². The van der Waals surface area contributed by atoms with Crippen LogP contribution in [0.3, 0.4) is 0 Å². The third-order valence-corrected chi connectivity index (χ3v) is 4.84. The molecule has 5 nitrogen and oxygen atoms in total. The van der Waals surface area contributed by atoms with Crippen LogP contribution in [0.4, 0.5) is 10.5 Å². The molecule has 126 valence electrons. The number of fused-ring (bicyclic) bond motifs is 1. The van der Waals surface area contributed by atoms with Crippen molar-refractivity contribution in [1.29, 1.82) is 0 Å². The lowest BCUT2D eigenvalue weighted by Gasteiger charge is -2.47. The van der Waals surface area contributed by atoms with E-state index in [-0.39, 0.29) is 6.03 Å². The van der Waals surface area contributed by atoms with Gasteiger partial charge in [0.25, 0.3) is 0 Å². The number of halogens is 1. The van der Waals surface area contributed by atoms with Gasteiger partial charge < -0.3 is 15.0 Å². The van der Waals surface area contributed by atoms with E-state index in [2.05, 4.69) is 17.1 Å². The number of carbonyl (C=O) groups excluding carboxylic acids is 1. The van der Waals surface area contributed by atoms with Gasteiger partial charge in [0.1, 0.15) is 0 Å². The predicted molar refractivity (Wildman–Crippen MR) is 92.1 cm³/mol. The van der Waals surface area contributed by atoms with Gasteiger partial charge in [-0.3, -0.25) is 4.90 Å². The summed E-state index contributed by atoms with van der Waals surface area (Å²) in [5, 5.41) is 3.55. The van der Waals surface area contributed by atoms with Crippen LogP contribution in [-0.2, 0) is 4.74 Å². The Bertz CT molecular complexity index is 552. The highest BCUT2D eigenvalue weighted by molar-refractivity contribution is 6.30. The zero-order valence-electron chi connectivity index (χ0n) is 13.5. The van der Waals surface area contributed by atoms with Crippen molar-refractivity contribution in [3.05, 3.63) is 29.3 Å². The maximum absolute atomic E-state index is 12.5. The van der Waals surface area contributed by atoms with Gasteiger partial charge in [-0.25, -0.2) is 4.79 Å². The molecule has 0 aliphatic carbocycles. The Labute approximate surface area is 142 Å². The maximum atomic E-state index is 12.5. The third-order valence-electron chi connectivity index (χ3n) is 4.60. The summed E-state index contributed by atoms with van der Waals surface area (Å²) in [5.41, 5.74) is 0.730. The molecule has 1 aromatic carbocycles. The molecule has 2 aliphatic heterocycles. The summed E-state index contributed by atoms with van der Waals surface area (Å²) < 4.78 is 5.75. The number of nitrogens with one attached hydrogen (secondary N) is 1. The number of morpholine rings is 1. The molecule has 0 aromatic heterocycles. The molecule has 2 amide bonds. The molecule has 0 spiro atoms. The third kappa shape index (κ3) is 3.97. The number of hydrogen-bond donors (Lipinski definition) is 1. The van der Waals surface area contributed by atoms with E-state index in [1.54, 1.807) is 12.1 Å². The van der Waals surface area contributed by atoms with E-state index in [0.717, 1.165) is 38.2 Å². The Balaban J connectivity index is 1.59. The molecular weight excluding hydrogens is 314 g/mol. The van der Waals surface area contributed by atoms with Crippen LogP contribution in [0.2, 0.25) is 5.02 Å². The van der Waals surface area contributed by atoms with Gasteiger partial charge in [0, 0.05) is 36.4 Å². The van der Waals surface area contributed by atoms with E-state index in [0.29, 0.717) is 30.3 Å². The lowest BCUT2D eigenvalue weighted by molar-refractivity contribution is -0.0755. The molecule has 3 rings (SSSR count). The fourth-order valence-corrected chi connectivity index (χ4v) is 3.66. The fourth-order valence-electron chi connectivity index (χ4n) is 3.47. The van der Waals surface area contributed by atoms with Crippen molar-refractivity contribution in [3.63, 3.8) is 0 Å². The lowest BCUT2D eigenvalue weighted by Crippen LogP contribution is -2.63. The van der Waals surface area contributed by atoms with Crippen molar-refractivity contribution in [2.24, 2.45) is 0 Å². The number of ether oxygens (including phenoxy) is 1. The minimum Gasteiger partial charge on any atom is -0.378 e. The number of nitrogens with zero attached hydrogens (tertiary/aromatic N) is 2. The van der Waals surface area contributed by atoms with E-state index in [9.17, 15) is 4.79 Å². The standard InChI is InChI=1S/C17H24ClN3O2/c1-2-4-15-11-23-12-16-10-20(7-8-21(15)16)17(22)19-14-6-3-5-13(18)9-14/h3,5-6,9,15-16H,2,4,7-8,10-12H2,1H3,(H,19,22)/t15-,16+/m0/s1. The van der Waals surface area contributed by atoms with Gasteiger partial charge in [-0.2, -0.15) is 0 Å². The van der Waals surface area contributed by atoms with Crippen LogP contribution in [0.5, 0.6) is 0 Å². The molecule has 6 heteroatoms. The number of amides is 2. The first-order valence-electron chi connectivity index (χ1n) is 8.32. The molecule has 1 N–H and O–H groups in total. The molecule has 0 bridgehead atoms. The molecule has 2 saturated heterocycles. The fraction of sp³-hybridized carbons (Fsp3) is 0.588. The summed E-state index contributed by atoms with van der Waals surface area (Å²) in [4.78, 5) is 16.9. The average Bonchev–Trinajstić information content (AvgIpc) is 2.55. The molecule has 2 fully saturated rings. The molecule has 2 aliphatic rings. The van der Waals surface area contributed by atoms with Crippen molar-refractivity contribution >= 4 is 23.3 Å².